The van der Waals surface area contributed by atoms with Crippen LogP contribution in [0.4, 0.5) is 4.39 Å². The number of likely N-dealkylation sites (N-methyl/N-ethyl adjacent to an activating group) is 1. The van der Waals surface area contributed by atoms with Crippen LogP contribution < -0.4 is 10.1 Å². The first-order valence-corrected chi connectivity index (χ1v) is 4.96. The van der Waals surface area contributed by atoms with Crippen LogP contribution in [0.3, 0.4) is 0 Å². The van der Waals surface area contributed by atoms with E-state index in [-0.39, 0.29) is 11.1 Å². The van der Waals surface area contributed by atoms with Gasteiger partial charge in [0.25, 0.3) is 0 Å². The molecule has 0 radical (unpaired) electrons. The summed E-state index contributed by atoms with van der Waals surface area (Å²) in [5.41, 5.74) is 0.855. The molecule has 2 nitrogen and oxygen atoms in total. The third-order valence-electron chi connectivity index (χ3n) is 2.30. The molecule has 1 aliphatic rings. The molecule has 0 spiro atoms. The van der Waals surface area contributed by atoms with Crippen LogP contribution in [0.1, 0.15) is 18.5 Å². The minimum atomic E-state index is -0.454. The maximum atomic E-state index is 13.4. The highest BCUT2D eigenvalue weighted by atomic mass is 35.5. The summed E-state index contributed by atoms with van der Waals surface area (Å²) in [6, 6.07) is 3.46. The average Bonchev–Trinajstić information content (AvgIpc) is 2.57. The number of nitrogens with one attached hydrogen (secondary N) is 1. The summed E-state index contributed by atoms with van der Waals surface area (Å²) in [6.07, 6.45) is 0. The molecule has 0 fully saturated rings. The van der Waals surface area contributed by atoms with E-state index < -0.39 is 5.82 Å². The molecule has 0 bridgehead atoms. The molecule has 1 heterocycles. The Balaban J connectivity index is 2.37. The number of hydrogen-bond acceptors (Lipinski definition) is 2. The van der Waals surface area contributed by atoms with Crippen LogP contribution in [-0.2, 0) is 0 Å². The molecule has 1 aromatic rings. The second kappa shape index (κ2) is 3.75. The lowest BCUT2D eigenvalue weighted by molar-refractivity contribution is 0.302. The van der Waals surface area contributed by atoms with Gasteiger partial charge in [0.1, 0.15) is 6.61 Å². The second-order valence-electron chi connectivity index (χ2n) is 3.20. The Morgan fingerprint density at radius 3 is 3.14 bits per heavy atom. The third-order valence-corrected chi connectivity index (χ3v) is 2.59. The largest absolute Gasteiger partial charge is 0.488 e. The van der Waals surface area contributed by atoms with Gasteiger partial charge in [0.15, 0.2) is 11.6 Å². The Labute approximate surface area is 87.0 Å². The number of fused-ring (bicyclic) bond motifs is 1. The summed E-state index contributed by atoms with van der Waals surface area (Å²) in [5.74, 6) is -0.159. The third kappa shape index (κ3) is 1.47. The minimum Gasteiger partial charge on any atom is -0.488 e. The molecular formula is C10H11ClFNO. The SMILES string of the molecule is CCNC1COc2c1ccc(Cl)c2F. The highest BCUT2D eigenvalue weighted by Crippen LogP contribution is 2.37. The summed E-state index contributed by atoms with van der Waals surface area (Å²) in [6.45, 7) is 3.31. The molecule has 1 aromatic carbocycles. The topological polar surface area (TPSA) is 21.3 Å². The van der Waals surface area contributed by atoms with E-state index in [1.165, 1.54) is 0 Å². The van der Waals surface area contributed by atoms with Crippen LogP contribution in [0, 0.1) is 5.82 Å². The van der Waals surface area contributed by atoms with Gasteiger partial charge in [0, 0.05) is 5.56 Å². The van der Waals surface area contributed by atoms with Crippen molar-refractivity contribution in [2.75, 3.05) is 13.2 Å². The second-order valence-corrected chi connectivity index (χ2v) is 3.61. The lowest BCUT2D eigenvalue weighted by Gasteiger charge is -2.08. The Kier molecular flexibility index (Phi) is 2.61. The summed E-state index contributed by atoms with van der Waals surface area (Å²) in [7, 11) is 0. The molecule has 2 rings (SSSR count). The maximum absolute atomic E-state index is 13.4. The quantitative estimate of drug-likeness (QED) is 0.819. The molecule has 1 atom stereocenters. The average molecular weight is 216 g/mol. The number of halogens is 2. The lowest BCUT2D eigenvalue weighted by atomic mass is 10.1. The molecule has 76 valence electrons. The smallest absolute Gasteiger partial charge is 0.183 e. The molecule has 0 aliphatic carbocycles. The molecule has 0 amide bonds. The van der Waals surface area contributed by atoms with Gasteiger partial charge in [-0.1, -0.05) is 24.6 Å². The van der Waals surface area contributed by atoms with Gasteiger partial charge in [-0.25, -0.2) is 4.39 Å². The van der Waals surface area contributed by atoms with Crippen molar-refractivity contribution >= 4 is 11.6 Å². The molecule has 0 aromatic heterocycles. The fraction of sp³-hybridized carbons (Fsp3) is 0.400. The van der Waals surface area contributed by atoms with E-state index in [1.807, 2.05) is 6.92 Å². The van der Waals surface area contributed by atoms with Crippen molar-refractivity contribution < 1.29 is 9.13 Å². The van der Waals surface area contributed by atoms with Crippen molar-refractivity contribution in [2.45, 2.75) is 13.0 Å². The van der Waals surface area contributed by atoms with Crippen molar-refractivity contribution in [1.29, 1.82) is 0 Å². The highest BCUT2D eigenvalue weighted by molar-refractivity contribution is 6.30. The number of ether oxygens (including phenoxy) is 1. The number of rotatable bonds is 2. The molecule has 0 saturated heterocycles. The predicted octanol–water partition coefficient (Wildman–Crippen LogP) is 2.52. The number of hydrogen-bond donors (Lipinski definition) is 1. The van der Waals surface area contributed by atoms with Gasteiger partial charge in [-0.15, -0.1) is 0 Å². The van der Waals surface area contributed by atoms with E-state index >= 15 is 0 Å². The molecule has 14 heavy (non-hydrogen) atoms. The lowest BCUT2D eigenvalue weighted by Crippen LogP contribution is -2.21. The minimum absolute atomic E-state index is 0.0850. The normalized spacial score (nSPS) is 19.2. The highest BCUT2D eigenvalue weighted by Gasteiger charge is 2.27. The molecule has 4 heteroatoms. The van der Waals surface area contributed by atoms with Crippen LogP contribution >= 0.6 is 11.6 Å². The first-order chi connectivity index (χ1) is 6.74. The zero-order valence-corrected chi connectivity index (χ0v) is 8.57. The van der Waals surface area contributed by atoms with Crippen LogP contribution in [-0.4, -0.2) is 13.2 Å². The van der Waals surface area contributed by atoms with Crippen LogP contribution in [0.2, 0.25) is 5.02 Å². The summed E-state index contributed by atoms with van der Waals surface area (Å²) < 4.78 is 18.7. The van der Waals surface area contributed by atoms with Crippen molar-refractivity contribution in [2.24, 2.45) is 0 Å². The number of benzene rings is 1. The van der Waals surface area contributed by atoms with Crippen LogP contribution in [0.15, 0.2) is 12.1 Å². The van der Waals surface area contributed by atoms with Crippen LogP contribution in [0.5, 0.6) is 5.75 Å². The van der Waals surface area contributed by atoms with Gasteiger partial charge >= 0.3 is 0 Å². The predicted molar refractivity (Wildman–Crippen MR) is 53.3 cm³/mol. The van der Waals surface area contributed by atoms with E-state index in [2.05, 4.69) is 5.32 Å². The van der Waals surface area contributed by atoms with Gasteiger partial charge in [0.2, 0.25) is 0 Å². The monoisotopic (exact) mass is 215 g/mol. The van der Waals surface area contributed by atoms with E-state index in [9.17, 15) is 4.39 Å². The Bertz CT molecular complexity index is 356. The van der Waals surface area contributed by atoms with Gasteiger partial charge in [-0.2, -0.15) is 0 Å². The molecule has 0 saturated carbocycles. The summed E-state index contributed by atoms with van der Waals surface area (Å²) >= 11 is 5.64. The van der Waals surface area contributed by atoms with Crippen molar-refractivity contribution in [3.05, 3.63) is 28.5 Å². The van der Waals surface area contributed by atoms with Crippen molar-refractivity contribution in [3.8, 4) is 5.75 Å². The van der Waals surface area contributed by atoms with E-state index in [0.29, 0.717) is 12.4 Å². The summed E-state index contributed by atoms with van der Waals surface area (Å²) in [5, 5.41) is 3.32. The first kappa shape index (κ1) is 9.74. The fourth-order valence-electron chi connectivity index (χ4n) is 1.64. The maximum Gasteiger partial charge on any atom is 0.183 e. The van der Waals surface area contributed by atoms with E-state index in [0.717, 1.165) is 12.1 Å². The van der Waals surface area contributed by atoms with Gasteiger partial charge < -0.3 is 10.1 Å². The van der Waals surface area contributed by atoms with E-state index in [4.69, 9.17) is 16.3 Å². The van der Waals surface area contributed by atoms with Crippen molar-refractivity contribution in [1.82, 2.24) is 5.32 Å². The molecular weight excluding hydrogens is 205 g/mol. The Morgan fingerprint density at radius 2 is 2.43 bits per heavy atom. The zero-order chi connectivity index (χ0) is 10.1. The van der Waals surface area contributed by atoms with Crippen molar-refractivity contribution in [3.63, 3.8) is 0 Å². The van der Waals surface area contributed by atoms with E-state index in [1.54, 1.807) is 12.1 Å². The fourth-order valence-corrected chi connectivity index (χ4v) is 1.79. The molecule has 1 N–H and O–H groups in total. The Morgan fingerprint density at radius 1 is 1.64 bits per heavy atom. The van der Waals surface area contributed by atoms with Gasteiger partial charge in [-0.05, 0) is 12.6 Å². The molecule has 1 unspecified atom stereocenters. The standard InChI is InChI=1S/C10H11ClFNO/c1-2-13-8-5-14-10-6(8)3-4-7(11)9(10)12/h3-4,8,13H,2,5H2,1H3. The van der Waals surface area contributed by atoms with Gasteiger partial charge in [-0.3, -0.25) is 0 Å². The van der Waals surface area contributed by atoms with Gasteiger partial charge in [0.05, 0.1) is 11.1 Å². The zero-order valence-electron chi connectivity index (χ0n) is 7.81. The summed E-state index contributed by atoms with van der Waals surface area (Å²) in [4.78, 5) is 0. The van der Waals surface area contributed by atoms with Crippen LogP contribution in [0.25, 0.3) is 0 Å². The Hall–Kier alpha value is -0.800. The molecule has 1 aliphatic heterocycles. The first-order valence-electron chi connectivity index (χ1n) is 4.58.